The van der Waals surface area contributed by atoms with Crippen molar-refractivity contribution in [2.45, 2.75) is 52.4 Å². The van der Waals surface area contributed by atoms with Crippen LogP contribution in [0.5, 0.6) is 0 Å². The van der Waals surface area contributed by atoms with Gasteiger partial charge in [0.15, 0.2) is 0 Å². The normalized spacial score (nSPS) is 19.0. The van der Waals surface area contributed by atoms with Crippen LogP contribution in [0, 0.1) is 35.5 Å². The monoisotopic (exact) mass is 340 g/mol. The Kier molecular flexibility index (Phi) is 6.57. The van der Waals surface area contributed by atoms with Gasteiger partial charge in [-0.2, -0.15) is 0 Å². The second-order valence-electron chi connectivity index (χ2n) is 7.19. The van der Waals surface area contributed by atoms with E-state index in [-0.39, 0.29) is 0 Å². The Balaban J connectivity index is 1.51. The molecule has 0 heterocycles. The molecule has 0 aliphatic heterocycles. The summed E-state index contributed by atoms with van der Waals surface area (Å²) >= 11 is 0. The summed E-state index contributed by atoms with van der Waals surface area (Å²) in [5.41, 5.74) is 5.03. The van der Waals surface area contributed by atoms with Gasteiger partial charge in [-0.1, -0.05) is 61.8 Å². The van der Waals surface area contributed by atoms with Crippen LogP contribution in [0.2, 0.25) is 0 Å². The third-order valence-electron chi connectivity index (χ3n) is 5.29. The van der Waals surface area contributed by atoms with Crippen molar-refractivity contribution in [2.75, 3.05) is 0 Å². The summed E-state index contributed by atoms with van der Waals surface area (Å²) in [6, 6.07) is 17.3. The average Bonchev–Trinajstić information content (AvgIpc) is 2.72. The summed E-state index contributed by atoms with van der Waals surface area (Å²) in [4.78, 5) is 0. The molecule has 0 atom stereocenters. The van der Waals surface area contributed by atoms with E-state index < -0.39 is 0 Å². The van der Waals surface area contributed by atoms with Gasteiger partial charge >= 0.3 is 0 Å². The number of hydrogen-bond donors (Lipinski definition) is 0. The van der Waals surface area contributed by atoms with E-state index in [9.17, 15) is 0 Å². The van der Waals surface area contributed by atoms with Crippen molar-refractivity contribution in [3.63, 3.8) is 0 Å². The minimum atomic E-state index is 0.530. The summed E-state index contributed by atoms with van der Waals surface area (Å²) in [7, 11) is 0. The Morgan fingerprint density at radius 2 is 0.962 bits per heavy atom. The van der Waals surface area contributed by atoms with Crippen LogP contribution in [0.3, 0.4) is 0 Å². The fraction of sp³-hybridized carbons (Fsp3) is 0.385. The van der Waals surface area contributed by atoms with E-state index >= 15 is 0 Å². The predicted octanol–water partition coefficient (Wildman–Crippen LogP) is 6.02. The number of rotatable bonds is 2. The molecule has 2 aromatic carbocycles. The average molecular weight is 341 g/mol. The molecule has 0 bridgehead atoms. The minimum Gasteiger partial charge on any atom is -0.0945 e. The Labute approximate surface area is 159 Å². The van der Waals surface area contributed by atoms with E-state index in [1.807, 2.05) is 0 Å². The van der Waals surface area contributed by atoms with Crippen LogP contribution in [-0.4, -0.2) is 0 Å². The molecule has 0 saturated heterocycles. The molecule has 1 fully saturated rings. The molecule has 0 nitrogen and oxygen atoms in total. The van der Waals surface area contributed by atoms with Crippen molar-refractivity contribution < 1.29 is 0 Å². The molecule has 0 amide bonds. The zero-order valence-corrected chi connectivity index (χ0v) is 16.0. The highest BCUT2D eigenvalue weighted by Gasteiger charge is 2.18. The first-order valence-electron chi connectivity index (χ1n) is 9.97. The molecule has 0 heteroatoms. The van der Waals surface area contributed by atoms with Crippen molar-refractivity contribution in [3.8, 4) is 23.7 Å². The number of aryl methyl sites for hydroxylation is 2. The first-order valence-corrected chi connectivity index (χ1v) is 9.97. The second-order valence-corrected chi connectivity index (χ2v) is 7.19. The van der Waals surface area contributed by atoms with Gasteiger partial charge < -0.3 is 0 Å². The fourth-order valence-corrected chi connectivity index (χ4v) is 3.40. The Morgan fingerprint density at radius 1 is 0.615 bits per heavy atom. The molecule has 0 radical (unpaired) electrons. The van der Waals surface area contributed by atoms with Crippen LogP contribution in [0.1, 0.15) is 61.8 Å². The topological polar surface area (TPSA) is 0 Å². The molecule has 0 N–H and O–H groups in total. The zero-order valence-electron chi connectivity index (χ0n) is 16.0. The van der Waals surface area contributed by atoms with Crippen molar-refractivity contribution in [3.05, 3.63) is 70.8 Å². The highest BCUT2D eigenvalue weighted by Crippen LogP contribution is 2.28. The SMILES string of the molecule is CCc1ccc(C#CC2CCC(C#Cc3ccc(CC)cc3)CC2)cc1. The van der Waals surface area contributed by atoms with Gasteiger partial charge in [0, 0.05) is 23.0 Å². The second kappa shape index (κ2) is 9.31. The van der Waals surface area contributed by atoms with Crippen molar-refractivity contribution in [1.82, 2.24) is 0 Å². The molecular weight excluding hydrogens is 312 g/mol. The van der Waals surface area contributed by atoms with Crippen LogP contribution in [-0.2, 0) is 12.8 Å². The summed E-state index contributed by atoms with van der Waals surface area (Å²) in [6.45, 7) is 4.37. The van der Waals surface area contributed by atoms with Crippen molar-refractivity contribution in [1.29, 1.82) is 0 Å². The van der Waals surface area contributed by atoms with E-state index in [1.54, 1.807) is 0 Å². The molecular formula is C26H28. The third-order valence-corrected chi connectivity index (χ3v) is 5.29. The third kappa shape index (κ3) is 5.28. The minimum absolute atomic E-state index is 0.530. The standard InChI is InChI=1S/C26H28/c1-3-21-5-9-23(10-6-21)13-15-25-17-19-26(20-18-25)16-14-24-11-7-22(4-2)8-12-24/h5-12,25-26H,3-4,17-20H2,1-2H3. The molecule has 132 valence electrons. The van der Waals surface area contributed by atoms with E-state index in [1.165, 1.54) is 36.8 Å². The Morgan fingerprint density at radius 3 is 1.27 bits per heavy atom. The van der Waals surface area contributed by atoms with E-state index in [0.29, 0.717) is 11.8 Å². The molecule has 0 unspecified atom stereocenters. The summed E-state index contributed by atoms with van der Waals surface area (Å²) in [5, 5.41) is 0. The van der Waals surface area contributed by atoms with Gasteiger partial charge in [0.1, 0.15) is 0 Å². The fourth-order valence-electron chi connectivity index (χ4n) is 3.40. The molecule has 2 aromatic rings. The lowest BCUT2D eigenvalue weighted by Gasteiger charge is -2.21. The molecule has 26 heavy (non-hydrogen) atoms. The van der Waals surface area contributed by atoms with E-state index in [0.717, 1.165) is 24.0 Å². The zero-order chi connectivity index (χ0) is 18.2. The van der Waals surface area contributed by atoms with Crippen LogP contribution in [0.4, 0.5) is 0 Å². The van der Waals surface area contributed by atoms with Gasteiger partial charge in [-0.25, -0.2) is 0 Å². The molecule has 1 saturated carbocycles. The summed E-state index contributed by atoms with van der Waals surface area (Å²) < 4.78 is 0. The number of benzene rings is 2. The van der Waals surface area contributed by atoms with Gasteiger partial charge in [0.2, 0.25) is 0 Å². The van der Waals surface area contributed by atoms with Gasteiger partial charge in [-0.05, 0) is 73.9 Å². The predicted molar refractivity (Wildman–Crippen MR) is 111 cm³/mol. The maximum absolute atomic E-state index is 3.48. The largest absolute Gasteiger partial charge is 0.0945 e. The van der Waals surface area contributed by atoms with Crippen LogP contribution in [0.15, 0.2) is 48.5 Å². The van der Waals surface area contributed by atoms with Gasteiger partial charge in [0.05, 0.1) is 0 Å². The lowest BCUT2D eigenvalue weighted by molar-refractivity contribution is 0.373. The summed E-state index contributed by atoms with van der Waals surface area (Å²) in [5.74, 6) is 14.8. The van der Waals surface area contributed by atoms with Gasteiger partial charge in [-0.3, -0.25) is 0 Å². The van der Waals surface area contributed by atoms with Crippen LogP contribution < -0.4 is 0 Å². The molecule has 0 spiro atoms. The van der Waals surface area contributed by atoms with Gasteiger partial charge in [-0.15, -0.1) is 0 Å². The van der Waals surface area contributed by atoms with E-state index in [2.05, 4.69) is 86.1 Å². The van der Waals surface area contributed by atoms with Gasteiger partial charge in [0.25, 0.3) is 0 Å². The Bertz CT molecular complexity index is 735. The lowest BCUT2D eigenvalue weighted by atomic mass is 9.82. The van der Waals surface area contributed by atoms with Crippen LogP contribution in [0.25, 0.3) is 0 Å². The lowest BCUT2D eigenvalue weighted by Crippen LogP contribution is -2.11. The van der Waals surface area contributed by atoms with Crippen molar-refractivity contribution >= 4 is 0 Å². The molecule has 3 rings (SSSR count). The maximum Gasteiger partial charge on any atom is 0.0245 e. The summed E-state index contributed by atoms with van der Waals surface area (Å²) in [6.07, 6.45) is 6.87. The molecule has 0 aromatic heterocycles. The number of hydrogen-bond acceptors (Lipinski definition) is 0. The van der Waals surface area contributed by atoms with Crippen LogP contribution >= 0.6 is 0 Å². The highest BCUT2D eigenvalue weighted by atomic mass is 14.2. The Hall–Kier alpha value is -2.44. The molecule has 1 aliphatic carbocycles. The molecule has 1 aliphatic rings. The quantitative estimate of drug-likeness (QED) is 0.586. The van der Waals surface area contributed by atoms with E-state index in [4.69, 9.17) is 0 Å². The van der Waals surface area contributed by atoms with Crippen molar-refractivity contribution in [2.24, 2.45) is 11.8 Å². The first-order chi connectivity index (χ1) is 12.8. The highest BCUT2D eigenvalue weighted by molar-refractivity contribution is 5.38. The first kappa shape index (κ1) is 18.4. The maximum atomic E-state index is 3.48. The smallest absolute Gasteiger partial charge is 0.0245 e.